The number of halogens is 3. The van der Waals surface area contributed by atoms with Crippen LogP contribution in [0.3, 0.4) is 0 Å². The molecule has 1 aromatic rings. The second-order valence-electron chi connectivity index (χ2n) is 8.95. The first kappa shape index (κ1) is 28.3. The number of allylic oxidation sites excluding steroid dienone is 3. The van der Waals surface area contributed by atoms with E-state index >= 15 is 0 Å². The maximum Gasteiger partial charge on any atom is 0.320 e. The Bertz CT molecular complexity index is 1150. The average Bonchev–Trinajstić information content (AvgIpc) is 3.29. The first-order valence-electron chi connectivity index (χ1n) is 11.5. The van der Waals surface area contributed by atoms with Crippen molar-refractivity contribution in [3.05, 3.63) is 70.3 Å². The van der Waals surface area contributed by atoms with Crippen LogP contribution in [0.25, 0.3) is 0 Å². The molecule has 0 saturated carbocycles. The van der Waals surface area contributed by atoms with Crippen LogP contribution in [0.15, 0.2) is 54.7 Å². The Morgan fingerprint density at radius 2 is 1.83 bits per heavy atom. The summed E-state index contributed by atoms with van der Waals surface area (Å²) in [5, 5.41) is 0.851. The van der Waals surface area contributed by atoms with E-state index < -0.39 is 15.9 Å². The quantitative estimate of drug-likeness (QED) is 0.402. The van der Waals surface area contributed by atoms with Crippen LogP contribution in [0.1, 0.15) is 18.4 Å². The van der Waals surface area contributed by atoms with Gasteiger partial charge in [0.25, 0.3) is 0 Å². The van der Waals surface area contributed by atoms with E-state index in [0.717, 1.165) is 17.8 Å². The van der Waals surface area contributed by atoms with E-state index in [9.17, 15) is 17.6 Å². The topological polar surface area (TPSA) is 96.2 Å². The monoisotopic (exact) mass is 560 g/mol. The zero-order valence-electron chi connectivity index (χ0n) is 20.2. The molecular weight excluding hydrogens is 530 g/mol. The molecule has 0 unspecified atom stereocenters. The number of rotatable bonds is 7. The molecule has 0 spiro atoms. The minimum absolute atomic E-state index is 0.103. The summed E-state index contributed by atoms with van der Waals surface area (Å²) in [6, 6.07) is 5.24. The minimum Gasteiger partial charge on any atom is -0.491 e. The zero-order chi connectivity index (χ0) is 26.6. The summed E-state index contributed by atoms with van der Waals surface area (Å²) in [7, 11) is -3.30. The maximum atomic E-state index is 13.4. The molecule has 2 saturated heterocycles. The largest absolute Gasteiger partial charge is 0.491 e. The highest BCUT2D eigenvalue weighted by molar-refractivity contribution is 7.88. The molecule has 0 aliphatic carbocycles. The lowest BCUT2D eigenvalue weighted by Crippen LogP contribution is -2.53. The summed E-state index contributed by atoms with van der Waals surface area (Å²) in [6.07, 6.45) is 4.19. The van der Waals surface area contributed by atoms with Crippen LogP contribution in [0, 0.1) is 5.92 Å². The third kappa shape index (κ3) is 6.94. The highest BCUT2D eigenvalue weighted by Crippen LogP contribution is 2.39. The lowest BCUT2D eigenvalue weighted by Gasteiger charge is -2.35. The van der Waals surface area contributed by atoms with Crippen molar-refractivity contribution in [1.29, 1.82) is 0 Å². The molecule has 3 atom stereocenters. The Morgan fingerprint density at radius 1 is 1.17 bits per heavy atom. The molecular formula is C24H31Cl2FN4O4S. The van der Waals surface area contributed by atoms with E-state index in [1.807, 2.05) is 13.0 Å². The summed E-state index contributed by atoms with van der Waals surface area (Å²) in [6.45, 7) is 7.69. The summed E-state index contributed by atoms with van der Waals surface area (Å²) in [5.74, 6) is -0.583. The third-order valence-electron chi connectivity index (χ3n) is 6.51. The second-order valence-corrected chi connectivity index (χ2v) is 11.8. The molecule has 2 aliphatic rings. The van der Waals surface area contributed by atoms with Gasteiger partial charge in [0.15, 0.2) is 0 Å². The van der Waals surface area contributed by atoms with E-state index in [0.29, 0.717) is 36.2 Å². The van der Waals surface area contributed by atoms with Gasteiger partial charge in [-0.25, -0.2) is 17.6 Å². The van der Waals surface area contributed by atoms with E-state index in [1.54, 1.807) is 21.9 Å². The summed E-state index contributed by atoms with van der Waals surface area (Å²) in [5.41, 5.74) is 6.06. The van der Waals surface area contributed by atoms with E-state index in [4.69, 9.17) is 33.7 Å². The fraction of sp³-hybridized carbons (Fsp3) is 0.458. The predicted molar refractivity (Wildman–Crippen MR) is 140 cm³/mol. The van der Waals surface area contributed by atoms with Crippen molar-refractivity contribution in [2.45, 2.75) is 18.9 Å². The first-order chi connectivity index (χ1) is 16.9. The number of nitrogens with zero attached hydrogens (tertiary/aromatic N) is 3. The number of ether oxygens (including phenoxy) is 1. The smallest absolute Gasteiger partial charge is 0.320 e. The molecule has 3 rings (SSSR count). The number of likely N-dealkylation sites (tertiary alicyclic amines) is 1. The van der Waals surface area contributed by atoms with Gasteiger partial charge < -0.3 is 20.3 Å². The number of nitrogens with two attached hydrogens (primary N) is 1. The number of carbonyl (C=O) groups is 1. The molecule has 36 heavy (non-hydrogen) atoms. The average molecular weight is 562 g/mol. The van der Waals surface area contributed by atoms with Crippen molar-refractivity contribution in [3.63, 3.8) is 0 Å². The Balaban J connectivity index is 1.77. The van der Waals surface area contributed by atoms with Crippen molar-refractivity contribution in [2.75, 3.05) is 45.5 Å². The van der Waals surface area contributed by atoms with Crippen LogP contribution in [-0.4, -0.2) is 80.2 Å². The second kappa shape index (κ2) is 11.9. The maximum absolute atomic E-state index is 13.4. The molecule has 8 nitrogen and oxygen atoms in total. The van der Waals surface area contributed by atoms with E-state index in [1.165, 1.54) is 16.6 Å². The number of hydrogen-bond donors (Lipinski definition) is 1. The van der Waals surface area contributed by atoms with Gasteiger partial charge in [-0.05, 0) is 36.8 Å². The normalized spacial score (nSPS) is 22.8. The van der Waals surface area contributed by atoms with Gasteiger partial charge in [0.1, 0.15) is 17.7 Å². The summed E-state index contributed by atoms with van der Waals surface area (Å²) < 4.78 is 44.3. The van der Waals surface area contributed by atoms with Crippen LogP contribution in [0.5, 0.6) is 0 Å². The van der Waals surface area contributed by atoms with Gasteiger partial charge in [0, 0.05) is 57.3 Å². The van der Waals surface area contributed by atoms with Gasteiger partial charge in [0.2, 0.25) is 10.0 Å². The number of sulfonamides is 1. The number of urea groups is 1. The molecule has 0 radical (unpaired) electrons. The van der Waals surface area contributed by atoms with Gasteiger partial charge in [-0.2, -0.15) is 4.31 Å². The number of benzene rings is 1. The lowest BCUT2D eigenvalue weighted by molar-refractivity contribution is 0.0827. The molecule has 2 N–H and O–H groups in total. The van der Waals surface area contributed by atoms with Gasteiger partial charge in [0.05, 0.1) is 16.3 Å². The highest BCUT2D eigenvalue weighted by atomic mass is 35.5. The molecule has 0 bridgehead atoms. The fourth-order valence-corrected chi connectivity index (χ4v) is 5.69. The molecule has 12 heteroatoms. The van der Waals surface area contributed by atoms with E-state index in [-0.39, 0.29) is 42.8 Å². The molecule has 0 aromatic heterocycles. The van der Waals surface area contributed by atoms with Crippen molar-refractivity contribution in [3.8, 4) is 0 Å². The van der Waals surface area contributed by atoms with Gasteiger partial charge in [-0.3, -0.25) is 0 Å². The number of carbonyl (C=O) groups excluding carboxylic acids is 1. The van der Waals surface area contributed by atoms with Crippen molar-refractivity contribution < 1.29 is 22.3 Å². The van der Waals surface area contributed by atoms with Crippen molar-refractivity contribution in [1.82, 2.24) is 14.1 Å². The predicted octanol–water partition coefficient (Wildman–Crippen LogP) is 3.95. The van der Waals surface area contributed by atoms with E-state index in [2.05, 4.69) is 6.58 Å². The molecule has 2 heterocycles. The van der Waals surface area contributed by atoms with Crippen molar-refractivity contribution in [2.24, 2.45) is 11.7 Å². The summed E-state index contributed by atoms with van der Waals surface area (Å²) >= 11 is 12.4. The molecule has 2 aliphatic heterocycles. The van der Waals surface area contributed by atoms with Gasteiger partial charge in [-0.1, -0.05) is 35.8 Å². The summed E-state index contributed by atoms with van der Waals surface area (Å²) in [4.78, 5) is 16.8. The fourth-order valence-electron chi connectivity index (χ4n) is 4.56. The zero-order valence-corrected chi connectivity index (χ0v) is 22.6. The number of piperazine rings is 1. The van der Waals surface area contributed by atoms with Crippen LogP contribution in [-0.2, 0) is 14.8 Å². The molecule has 2 fully saturated rings. The standard InChI is InChI=1S/C24H31Cl2FN4O4S/c1-16(4-6-19(27)13-28)35-17(2)20-14-30(15-21(20)18-5-7-22(25)23(26)12-18)24(32)29-8-10-31(11-9-29)36(3,33)34/h4-7,12-13,17,20-21H,1,8-11,14-15,28H2,2-3H3/b6-4-,19-13+/t17-,20-,21-/m0/s1. The minimum atomic E-state index is -3.30. The Labute approximate surface area is 221 Å². The number of hydrogen-bond acceptors (Lipinski definition) is 5. The number of amides is 2. The van der Waals surface area contributed by atoms with Crippen LogP contribution in [0.4, 0.5) is 9.18 Å². The van der Waals surface area contributed by atoms with Crippen LogP contribution >= 0.6 is 23.2 Å². The first-order valence-corrected chi connectivity index (χ1v) is 14.1. The highest BCUT2D eigenvalue weighted by Gasteiger charge is 2.42. The lowest BCUT2D eigenvalue weighted by atomic mass is 9.85. The molecule has 1 aromatic carbocycles. The Kier molecular flexibility index (Phi) is 9.32. The van der Waals surface area contributed by atoms with Crippen LogP contribution in [0.2, 0.25) is 10.0 Å². The third-order valence-corrected chi connectivity index (χ3v) is 8.56. The van der Waals surface area contributed by atoms with Crippen LogP contribution < -0.4 is 5.73 Å². The molecule has 198 valence electrons. The van der Waals surface area contributed by atoms with Gasteiger partial charge >= 0.3 is 6.03 Å². The molecule has 2 amide bonds. The Hall–Kier alpha value is -2.27. The van der Waals surface area contributed by atoms with Crippen molar-refractivity contribution >= 4 is 39.3 Å². The van der Waals surface area contributed by atoms with Gasteiger partial charge in [-0.15, -0.1) is 0 Å². The SMILES string of the molecule is C=C(/C=C\C(F)=C/N)O[C@@H](C)[C@@H]1CN(C(=O)N2CCN(S(C)(=O)=O)CC2)C[C@H]1c1ccc(Cl)c(Cl)c1. The Morgan fingerprint density at radius 3 is 2.42 bits per heavy atom.